The number of aliphatic carboxylic acids is 1. The number of carboxylic acids is 1. The molecule has 1 heterocycles. The standard InChI is InChI=1S/C23H23ClFN3O3/c24-19-11-15(25)10-18-17-12-16(6-7-20(17)28(22(18)19)13-21(29)30)27-23(31)26-9-8-14-4-2-1-3-5-14/h1-5,10-11,16H,6-9,12-13H2,(H,29,30)(H2,26,27,31)/t16-/m1/s1. The third kappa shape index (κ3) is 4.66. The van der Waals surface area contributed by atoms with Crippen molar-refractivity contribution in [3.63, 3.8) is 0 Å². The number of nitrogens with zero attached hydrogens (tertiary/aromatic N) is 1. The second kappa shape index (κ2) is 8.98. The fourth-order valence-electron chi connectivity index (χ4n) is 4.33. The molecule has 1 aliphatic carbocycles. The van der Waals surface area contributed by atoms with Gasteiger partial charge in [0.1, 0.15) is 12.4 Å². The Hall–Kier alpha value is -3.06. The summed E-state index contributed by atoms with van der Waals surface area (Å²) in [5.41, 5.74) is 3.37. The van der Waals surface area contributed by atoms with Crippen LogP contribution in [-0.4, -0.2) is 34.3 Å². The summed E-state index contributed by atoms with van der Waals surface area (Å²) in [6.45, 7) is 0.280. The summed E-state index contributed by atoms with van der Waals surface area (Å²) in [6.07, 6.45) is 2.47. The number of benzene rings is 2. The molecule has 162 valence electrons. The van der Waals surface area contributed by atoms with Crippen LogP contribution in [0.4, 0.5) is 9.18 Å². The Morgan fingerprint density at radius 3 is 2.74 bits per heavy atom. The molecule has 2 aromatic carbocycles. The fourth-order valence-corrected chi connectivity index (χ4v) is 4.64. The summed E-state index contributed by atoms with van der Waals surface area (Å²) in [6, 6.07) is 12.1. The summed E-state index contributed by atoms with van der Waals surface area (Å²) in [5, 5.41) is 16.0. The molecule has 0 aliphatic heterocycles. The average Bonchev–Trinajstić information content (AvgIpc) is 3.01. The zero-order chi connectivity index (χ0) is 22.0. The molecule has 0 fully saturated rings. The van der Waals surface area contributed by atoms with Crippen LogP contribution in [0.1, 0.15) is 23.2 Å². The highest BCUT2D eigenvalue weighted by Crippen LogP contribution is 2.36. The van der Waals surface area contributed by atoms with E-state index in [-0.39, 0.29) is 23.6 Å². The lowest BCUT2D eigenvalue weighted by atomic mass is 9.91. The van der Waals surface area contributed by atoms with E-state index in [9.17, 15) is 19.1 Å². The van der Waals surface area contributed by atoms with Crippen molar-refractivity contribution in [1.29, 1.82) is 0 Å². The molecule has 1 aromatic heterocycles. The molecule has 0 spiro atoms. The Morgan fingerprint density at radius 1 is 1.23 bits per heavy atom. The number of nitrogens with one attached hydrogen (secondary N) is 2. The molecular formula is C23H23ClFN3O3. The smallest absolute Gasteiger partial charge is 0.323 e. The number of carbonyl (C=O) groups excluding carboxylic acids is 1. The first-order valence-electron chi connectivity index (χ1n) is 10.2. The minimum absolute atomic E-state index is 0.129. The summed E-state index contributed by atoms with van der Waals surface area (Å²) < 4.78 is 15.7. The number of hydrogen-bond donors (Lipinski definition) is 3. The van der Waals surface area contributed by atoms with Gasteiger partial charge in [-0.05, 0) is 48.9 Å². The van der Waals surface area contributed by atoms with Gasteiger partial charge in [-0.2, -0.15) is 0 Å². The number of hydrogen-bond acceptors (Lipinski definition) is 2. The van der Waals surface area contributed by atoms with Crippen molar-refractivity contribution in [2.75, 3.05) is 6.54 Å². The molecule has 0 saturated heterocycles. The third-order valence-electron chi connectivity index (χ3n) is 5.65. The first-order valence-corrected chi connectivity index (χ1v) is 10.6. The molecule has 3 aromatic rings. The van der Waals surface area contributed by atoms with Gasteiger partial charge in [-0.1, -0.05) is 41.9 Å². The fraction of sp³-hybridized carbons (Fsp3) is 0.304. The summed E-state index contributed by atoms with van der Waals surface area (Å²) >= 11 is 6.27. The van der Waals surface area contributed by atoms with E-state index in [4.69, 9.17) is 11.6 Å². The van der Waals surface area contributed by atoms with Crippen molar-refractivity contribution in [2.45, 2.75) is 38.3 Å². The van der Waals surface area contributed by atoms with E-state index >= 15 is 0 Å². The molecule has 8 heteroatoms. The molecule has 31 heavy (non-hydrogen) atoms. The second-order valence-corrected chi connectivity index (χ2v) is 8.17. The molecule has 3 N–H and O–H groups in total. The van der Waals surface area contributed by atoms with Crippen molar-refractivity contribution in [3.8, 4) is 0 Å². The van der Waals surface area contributed by atoms with E-state index in [2.05, 4.69) is 10.6 Å². The number of rotatable bonds is 6. The van der Waals surface area contributed by atoms with E-state index in [0.717, 1.165) is 23.2 Å². The zero-order valence-corrected chi connectivity index (χ0v) is 17.6. The number of halogens is 2. The second-order valence-electron chi connectivity index (χ2n) is 7.76. The van der Waals surface area contributed by atoms with Gasteiger partial charge >= 0.3 is 12.0 Å². The van der Waals surface area contributed by atoms with Gasteiger partial charge in [-0.3, -0.25) is 4.79 Å². The Balaban J connectivity index is 1.47. The van der Waals surface area contributed by atoms with E-state index in [1.54, 1.807) is 4.57 Å². The van der Waals surface area contributed by atoms with Crippen LogP contribution in [0.25, 0.3) is 10.9 Å². The van der Waals surface area contributed by atoms with Crippen LogP contribution in [0, 0.1) is 5.82 Å². The highest BCUT2D eigenvalue weighted by Gasteiger charge is 2.28. The van der Waals surface area contributed by atoms with Crippen molar-refractivity contribution >= 4 is 34.5 Å². The molecule has 1 aliphatic rings. The quantitative estimate of drug-likeness (QED) is 0.540. The van der Waals surface area contributed by atoms with Crippen LogP contribution >= 0.6 is 11.6 Å². The third-order valence-corrected chi connectivity index (χ3v) is 5.94. The van der Waals surface area contributed by atoms with Crippen LogP contribution in [0.3, 0.4) is 0 Å². The van der Waals surface area contributed by atoms with E-state index in [1.807, 2.05) is 30.3 Å². The van der Waals surface area contributed by atoms with Gasteiger partial charge in [-0.15, -0.1) is 0 Å². The Kier molecular flexibility index (Phi) is 6.13. The minimum Gasteiger partial charge on any atom is -0.480 e. The van der Waals surface area contributed by atoms with Gasteiger partial charge in [0.2, 0.25) is 0 Å². The first-order chi connectivity index (χ1) is 14.9. The zero-order valence-electron chi connectivity index (χ0n) is 16.8. The number of aromatic nitrogens is 1. The maximum absolute atomic E-state index is 14.0. The normalized spacial score (nSPS) is 15.5. The molecule has 0 unspecified atom stereocenters. The first kappa shape index (κ1) is 21.2. The van der Waals surface area contributed by atoms with Crippen molar-refractivity contribution < 1.29 is 19.1 Å². The Bertz CT molecular complexity index is 1130. The van der Waals surface area contributed by atoms with Gasteiger partial charge in [0.25, 0.3) is 0 Å². The Labute approximate surface area is 184 Å². The van der Waals surface area contributed by atoms with Gasteiger partial charge in [0.05, 0.1) is 10.5 Å². The van der Waals surface area contributed by atoms with E-state index < -0.39 is 11.8 Å². The van der Waals surface area contributed by atoms with Gasteiger partial charge in [0.15, 0.2) is 0 Å². The summed E-state index contributed by atoms with van der Waals surface area (Å²) in [7, 11) is 0. The number of urea groups is 1. The summed E-state index contributed by atoms with van der Waals surface area (Å²) in [4.78, 5) is 23.7. The maximum Gasteiger partial charge on any atom is 0.323 e. The molecule has 4 rings (SSSR count). The van der Waals surface area contributed by atoms with Gasteiger partial charge in [-0.25, -0.2) is 9.18 Å². The Morgan fingerprint density at radius 2 is 2.00 bits per heavy atom. The van der Waals surface area contributed by atoms with Crippen LogP contribution in [0.15, 0.2) is 42.5 Å². The molecule has 2 amide bonds. The largest absolute Gasteiger partial charge is 0.480 e. The van der Waals surface area contributed by atoms with Gasteiger partial charge < -0.3 is 20.3 Å². The van der Waals surface area contributed by atoms with Crippen LogP contribution < -0.4 is 10.6 Å². The monoisotopic (exact) mass is 443 g/mol. The van der Waals surface area contributed by atoms with E-state index in [0.29, 0.717) is 36.7 Å². The molecule has 0 bridgehead atoms. The lowest BCUT2D eigenvalue weighted by Crippen LogP contribution is -2.45. The lowest BCUT2D eigenvalue weighted by molar-refractivity contribution is -0.137. The van der Waals surface area contributed by atoms with E-state index in [1.165, 1.54) is 12.1 Å². The molecule has 0 radical (unpaired) electrons. The van der Waals surface area contributed by atoms with Crippen LogP contribution in [0.5, 0.6) is 0 Å². The highest BCUT2D eigenvalue weighted by atomic mass is 35.5. The molecular weight excluding hydrogens is 421 g/mol. The molecule has 0 saturated carbocycles. The van der Waals surface area contributed by atoms with Crippen LogP contribution in [-0.2, 0) is 30.6 Å². The highest BCUT2D eigenvalue weighted by molar-refractivity contribution is 6.35. The topological polar surface area (TPSA) is 83.4 Å². The maximum atomic E-state index is 14.0. The van der Waals surface area contributed by atoms with Crippen molar-refractivity contribution in [2.24, 2.45) is 0 Å². The predicted octanol–water partition coefficient (Wildman–Crippen LogP) is 3.92. The summed E-state index contributed by atoms with van der Waals surface area (Å²) in [5.74, 6) is -1.46. The molecule has 1 atom stereocenters. The SMILES string of the molecule is O=C(O)Cn1c2c(c3cc(F)cc(Cl)c31)C[C@H](NC(=O)NCCc1ccccc1)CC2. The van der Waals surface area contributed by atoms with Crippen molar-refractivity contribution in [1.82, 2.24) is 15.2 Å². The average molecular weight is 444 g/mol. The van der Waals surface area contributed by atoms with Crippen LogP contribution in [0.2, 0.25) is 5.02 Å². The number of fused-ring (bicyclic) bond motifs is 3. The van der Waals surface area contributed by atoms with Crippen molar-refractivity contribution in [3.05, 3.63) is 70.1 Å². The van der Waals surface area contributed by atoms with Gasteiger partial charge in [0, 0.05) is 23.7 Å². The lowest BCUT2D eigenvalue weighted by Gasteiger charge is -2.25. The number of carboxylic acid groups (broad SMARTS) is 1. The number of amides is 2. The predicted molar refractivity (Wildman–Crippen MR) is 117 cm³/mol. The number of carbonyl (C=O) groups is 2. The minimum atomic E-state index is -0.988. The molecule has 6 nitrogen and oxygen atoms in total.